The van der Waals surface area contributed by atoms with E-state index in [1.54, 1.807) is 5.57 Å². The summed E-state index contributed by atoms with van der Waals surface area (Å²) >= 11 is 0. The minimum atomic E-state index is 0.610. The Labute approximate surface area is 169 Å². The summed E-state index contributed by atoms with van der Waals surface area (Å²) in [7, 11) is 0. The summed E-state index contributed by atoms with van der Waals surface area (Å²) < 4.78 is 5.70. The van der Waals surface area contributed by atoms with Gasteiger partial charge in [0.05, 0.1) is 6.10 Å². The van der Waals surface area contributed by atoms with Gasteiger partial charge in [0.25, 0.3) is 0 Å². The van der Waals surface area contributed by atoms with Gasteiger partial charge in [-0.1, -0.05) is 46.6 Å². The van der Waals surface area contributed by atoms with E-state index in [1.165, 1.54) is 87.3 Å². The minimum Gasteiger partial charge on any atom is -0.378 e. The molecule has 1 aliphatic carbocycles. The molecule has 1 rings (SSSR count). The molecule has 0 aliphatic heterocycles. The second-order valence-corrected chi connectivity index (χ2v) is 8.61. The zero-order chi connectivity index (χ0) is 19.9. The Hall–Kier alpha value is -1.08. The Balaban J connectivity index is 2.06. The molecule has 0 heterocycles. The molecular formula is C26H44O. The van der Waals surface area contributed by atoms with E-state index >= 15 is 0 Å². The maximum absolute atomic E-state index is 5.70. The van der Waals surface area contributed by atoms with E-state index in [-0.39, 0.29) is 0 Å². The highest BCUT2D eigenvalue weighted by atomic mass is 16.5. The van der Waals surface area contributed by atoms with Crippen LogP contribution in [0.25, 0.3) is 0 Å². The van der Waals surface area contributed by atoms with Crippen molar-refractivity contribution >= 4 is 0 Å². The number of rotatable bonds is 15. The van der Waals surface area contributed by atoms with Gasteiger partial charge in [0.1, 0.15) is 0 Å². The first-order chi connectivity index (χ1) is 13.0. The van der Waals surface area contributed by atoms with Crippen molar-refractivity contribution in [3.05, 3.63) is 46.6 Å². The Kier molecular flexibility index (Phi) is 13.2. The van der Waals surface area contributed by atoms with Crippen LogP contribution in [0.5, 0.6) is 0 Å². The largest absolute Gasteiger partial charge is 0.378 e. The van der Waals surface area contributed by atoms with Gasteiger partial charge in [0.2, 0.25) is 0 Å². The van der Waals surface area contributed by atoms with Crippen LogP contribution in [0.3, 0.4) is 0 Å². The van der Waals surface area contributed by atoms with Crippen LogP contribution in [0.15, 0.2) is 46.6 Å². The topological polar surface area (TPSA) is 9.23 Å². The van der Waals surface area contributed by atoms with E-state index < -0.39 is 0 Å². The molecule has 1 nitrogen and oxygen atoms in total. The van der Waals surface area contributed by atoms with E-state index in [0.29, 0.717) is 6.10 Å². The Bertz CT molecular complexity index is 510. The molecule has 0 bridgehead atoms. The van der Waals surface area contributed by atoms with Crippen LogP contribution in [-0.2, 0) is 4.74 Å². The van der Waals surface area contributed by atoms with Crippen LogP contribution in [0.1, 0.15) is 105 Å². The van der Waals surface area contributed by atoms with Crippen molar-refractivity contribution in [3.8, 4) is 0 Å². The predicted molar refractivity (Wildman–Crippen MR) is 121 cm³/mol. The van der Waals surface area contributed by atoms with Gasteiger partial charge in [0.15, 0.2) is 0 Å². The summed E-state index contributed by atoms with van der Waals surface area (Å²) in [6.45, 7) is 12.1. The minimum absolute atomic E-state index is 0.610. The summed E-state index contributed by atoms with van der Waals surface area (Å²) in [5.41, 5.74) is 6.03. The van der Waals surface area contributed by atoms with Gasteiger partial charge >= 0.3 is 0 Å². The highest BCUT2D eigenvalue weighted by Gasteiger charge is 2.21. The fourth-order valence-corrected chi connectivity index (χ4v) is 3.09. The first kappa shape index (κ1) is 24.0. The van der Waals surface area contributed by atoms with Crippen molar-refractivity contribution in [2.24, 2.45) is 0 Å². The van der Waals surface area contributed by atoms with Gasteiger partial charge in [-0.25, -0.2) is 0 Å². The molecule has 27 heavy (non-hydrogen) atoms. The first-order valence-electron chi connectivity index (χ1n) is 11.2. The van der Waals surface area contributed by atoms with Crippen LogP contribution < -0.4 is 0 Å². The fourth-order valence-electron chi connectivity index (χ4n) is 3.09. The Morgan fingerprint density at radius 2 is 1.19 bits per heavy atom. The number of hydrogen-bond acceptors (Lipinski definition) is 1. The lowest BCUT2D eigenvalue weighted by atomic mass is 10.0. The highest BCUT2D eigenvalue weighted by molar-refractivity contribution is 5.06. The standard InChI is InChI=1S/C26H44O/c1-22(2)12-10-16-25(5)18-11-17-24(4)14-7-6-13-23(3)15-8-9-21-27-26-19-20-26/h12-14,18,26H,6-11,15-17,19-21H2,1-5H3. The third-order valence-corrected chi connectivity index (χ3v) is 5.12. The number of unbranched alkanes of at least 4 members (excludes halogenated alkanes) is 2. The van der Waals surface area contributed by atoms with E-state index in [4.69, 9.17) is 4.74 Å². The van der Waals surface area contributed by atoms with E-state index in [9.17, 15) is 0 Å². The molecule has 1 fully saturated rings. The predicted octanol–water partition coefficient (Wildman–Crippen LogP) is 8.48. The lowest BCUT2D eigenvalue weighted by molar-refractivity contribution is 0.116. The Morgan fingerprint density at radius 1 is 0.667 bits per heavy atom. The van der Waals surface area contributed by atoms with E-state index in [1.807, 2.05) is 0 Å². The summed E-state index contributed by atoms with van der Waals surface area (Å²) in [6, 6.07) is 0. The van der Waals surface area contributed by atoms with Gasteiger partial charge in [-0.05, 0) is 105 Å². The quantitative estimate of drug-likeness (QED) is 0.207. The molecular weight excluding hydrogens is 328 g/mol. The van der Waals surface area contributed by atoms with Crippen molar-refractivity contribution in [1.29, 1.82) is 0 Å². The summed E-state index contributed by atoms with van der Waals surface area (Å²) in [6.07, 6.45) is 23.6. The summed E-state index contributed by atoms with van der Waals surface area (Å²) in [5, 5.41) is 0. The van der Waals surface area contributed by atoms with Crippen molar-refractivity contribution in [2.45, 2.75) is 111 Å². The summed E-state index contributed by atoms with van der Waals surface area (Å²) in [5.74, 6) is 0. The highest BCUT2D eigenvalue weighted by Crippen LogP contribution is 2.23. The zero-order valence-corrected chi connectivity index (χ0v) is 18.8. The van der Waals surface area contributed by atoms with Gasteiger partial charge in [-0.15, -0.1) is 0 Å². The normalized spacial score (nSPS) is 16.0. The second-order valence-electron chi connectivity index (χ2n) is 8.61. The van der Waals surface area contributed by atoms with Crippen LogP contribution in [0.2, 0.25) is 0 Å². The SMILES string of the molecule is CC(C)=CCCC(C)=CCCC(C)=CCCC=C(C)CCCCOC1CC1. The third kappa shape index (κ3) is 15.7. The average Bonchev–Trinajstić information content (AvgIpc) is 3.42. The maximum Gasteiger partial charge on any atom is 0.0577 e. The van der Waals surface area contributed by atoms with Crippen molar-refractivity contribution < 1.29 is 4.74 Å². The van der Waals surface area contributed by atoms with Gasteiger partial charge in [-0.2, -0.15) is 0 Å². The molecule has 0 aromatic carbocycles. The molecule has 0 aromatic rings. The molecule has 0 spiro atoms. The molecule has 1 heteroatoms. The molecule has 0 unspecified atom stereocenters. The zero-order valence-electron chi connectivity index (χ0n) is 18.8. The third-order valence-electron chi connectivity index (χ3n) is 5.12. The molecule has 0 aromatic heterocycles. The van der Waals surface area contributed by atoms with Crippen molar-refractivity contribution in [3.63, 3.8) is 0 Å². The van der Waals surface area contributed by atoms with Crippen LogP contribution in [-0.4, -0.2) is 12.7 Å². The van der Waals surface area contributed by atoms with Crippen molar-refractivity contribution in [2.75, 3.05) is 6.61 Å². The molecule has 1 aliphatic rings. The van der Waals surface area contributed by atoms with E-state index in [2.05, 4.69) is 58.9 Å². The van der Waals surface area contributed by atoms with Gasteiger partial charge in [0, 0.05) is 6.61 Å². The van der Waals surface area contributed by atoms with Gasteiger partial charge in [-0.3, -0.25) is 0 Å². The smallest absolute Gasteiger partial charge is 0.0577 e. The van der Waals surface area contributed by atoms with Crippen LogP contribution in [0, 0.1) is 0 Å². The van der Waals surface area contributed by atoms with Crippen molar-refractivity contribution in [1.82, 2.24) is 0 Å². The molecule has 0 saturated heterocycles. The average molecular weight is 373 g/mol. The number of ether oxygens (including phenoxy) is 1. The first-order valence-corrected chi connectivity index (χ1v) is 11.2. The molecule has 0 amide bonds. The molecule has 0 N–H and O–H groups in total. The molecule has 0 atom stereocenters. The molecule has 154 valence electrons. The number of allylic oxidation sites excluding steroid dienone is 8. The van der Waals surface area contributed by atoms with Crippen LogP contribution >= 0.6 is 0 Å². The lowest BCUT2D eigenvalue weighted by Crippen LogP contribution is -1.96. The molecule has 0 radical (unpaired) electrons. The monoisotopic (exact) mass is 372 g/mol. The maximum atomic E-state index is 5.70. The number of hydrogen-bond donors (Lipinski definition) is 0. The summed E-state index contributed by atoms with van der Waals surface area (Å²) in [4.78, 5) is 0. The van der Waals surface area contributed by atoms with Crippen LogP contribution in [0.4, 0.5) is 0 Å². The molecule has 1 saturated carbocycles. The lowest BCUT2D eigenvalue weighted by Gasteiger charge is -2.03. The van der Waals surface area contributed by atoms with E-state index in [0.717, 1.165) is 6.61 Å². The van der Waals surface area contributed by atoms with Gasteiger partial charge < -0.3 is 4.74 Å². The fraction of sp³-hybridized carbons (Fsp3) is 0.692. The Morgan fingerprint density at radius 3 is 1.74 bits per heavy atom. The second kappa shape index (κ2) is 14.9.